The van der Waals surface area contributed by atoms with Gasteiger partial charge >= 0.3 is 0 Å². The van der Waals surface area contributed by atoms with Gasteiger partial charge in [0.15, 0.2) is 0 Å². The summed E-state index contributed by atoms with van der Waals surface area (Å²) in [6.07, 6.45) is 0.212. The molecule has 0 aliphatic rings. The van der Waals surface area contributed by atoms with E-state index in [0.717, 1.165) is 12.1 Å². The summed E-state index contributed by atoms with van der Waals surface area (Å²) in [7, 11) is 0. The highest BCUT2D eigenvalue weighted by Gasteiger charge is 2.30. The third kappa shape index (κ3) is 5.21. The van der Waals surface area contributed by atoms with Crippen LogP contribution in [-0.2, 0) is 15.0 Å². The van der Waals surface area contributed by atoms with Crippen LogP contribution >= 0.6 is 0 Å². The maximum Gasteiger partial charge on any atom is 0.0905 e. The normalized spacial score (nSPS) is 14.4. The minimum atomic E-state index is -0.548. The number of nitrogens with one attached hydrogen (secondary N) is 1. The molecule has 0 fully saturated rings. The van der Waals surface area contributed by atoms with Crippen LogP contribution in [0.3, 0.4) is 0 Å². The van der Waals surface area contributed by atoms with E-state index < -0.39 is 5.54 Å². The number of hydrogen-bond donors (Lipinski definition) is 2. The van der Waals surface area contributed by atoms with E-state index in [0.29, 0.717) is 19.8 Å². The fourth-order valence-electron chi connectivity index (χ4n) is 2.11. The van der Waals surface area contributed by atoms with E-state index in [-0.39, 0.29) is 12.7 Å². The molecular formula is C16H27NO3. The summed E-state index contributed by atoms with van der Waals surface area (Å²) in [6, 6.07) is 9.92. The molecule has 20 heavy (non-hydrogen) atoms. The molecule has 1 aromatic carbocycles. The zero-order valence-electron chi connectivity index (χ0n) is 12.8. The molecule has 4 heteroatoms. The first-order valence-electron chi connectivity index (χ1n) is 7.25. The smallest absolute Gasteiger partial charge is 0.0905 e. The van der Waals surface area contributed by atoms with Crippen molar-refractivity contribution in [3.05, 3.63) is 35.9 Å². The highest BCUT2D eigenvalue weighted by Crippen LogP contribution is 2.21. The van der Waals surface area contributed by atoms with Gasteiger partial charge in [-0.1, -0.05) is 37.3 Å². The Bertz CT molecular complexity index is 356. The second-order valence-electron chi connectivity index (χ2n) is 5.11. The van der Waals surface area contributed by atoms with Crippen molar-refractivity contribution in [3.63, 3.8) is 0 Å². The number of benzene rings is 1. The van der Waals surface area contributed by atoms with Gasteiger partial charge < -0.3 is 19.9 Å². The van der Waals surface area contributed by atoms with Gasteiger partial charge in [-0.15, -0.1) is 0 Å². The Morgan fingerprint density at radius 1 is 1.20 bits per heavy atom. The predicted molar refractivity (Wildman–Crippen MR) is 80.8 cm³/mol. The molecule has 1 unspecified atom stereocenters. The van der Waals surface area contributed by atoms with Gasteiger partial charge in [0.2, 0.25) is 0 Å². The number of aliphatic hydroxyl groups is 1. The van der Waals surface area contributed by atoms with Crippen LogP contribution in [0.2, 0.25) is 0 Å². The molecule has 4 nitrogen and oxygen atoms in total. The fraction of sp³-hybridized carbons (Fsp3) is 0.625. The van der Waals surface area contributed by atoms with Gasteiger partial charge in [0.05, 0.1) is 38.1 Å². The summed E-state index contributed by atoms with van der Waals surface area (Å²) < 4.78 is 11.1. The summed E-state index contributed by atoms with van der Waals surface area (Å²) in [6.45, 7) is 8.30. The van der Waals surface area contributed by atoms with E-state index in [2.05, 4.69) is 5.32 Å². The van der Waals surface area contributed by atoms with Crippen molar-refractivity contribution in [3.8, 4) is 0 Å². The van der Waals surface area contributed by atoms with Crippen molar-refractivity contribution in [1.29, 1.82) is 0 Å². The molecule has 0 aromatic heterocycles. The first kappa shape index (κ1) is 17.1. The molecule has 0 radical (unpaired) electrons. The molecule has 0 heterocycles. The van der Waals surface area contributed by atoms with E-state index in [1.54, 1.807) is 0 Å². The molecule has 0 aliphatic heterocycles. The lowest BCUT2D eigenvalue weighted by Gasteiger charge is -2.33. The van der Waals surface area contributed by atoms with E-state index in [9.17, 15) is 5.11 Å². The lowest BCUT2D eigenvalue weighted by molar-refractivity contribution is -0.0121. The molecule has 1 aromatic rings. The molecule has 1 rings (SSSR count). The molecule has 2 N–H and O–H groups in total. The second kappa shape index (κ2) is 9.08. The van der Waals surface area contributed by atoms with Crippen LogP contribution in [0.1, 0.15) is 26.3 Å². The van der Waals surface area contributed by atoms with E-state index in [1.807, 2.05) is 51.1 Å². The first-order chi connectivity index (χ1) is 9.64. The Kier molecular flexibility index (Phi) is 7.77. The van der Waals surface area contributed by atoms with Gasteiger partial charge in [0, 0.05) is 0 Å². The molecule has 0 amide bonds. The standard InChI is InChI=1S/C16H27NO3/c1-4-17-16(12-18,15-8-6-5-7-9-15)13-19-10-11-20-14(2)3/h5-9,14,17-18H,4,10-13H2,1-3H3. The van der Waals surface area contributed by atoms with Gasteiger partial charge in [0.1, 0.15) is 0 Å². The van der Waals surface area contributed by atoms with Crippen LogP contribution in [0.15, 0.2) is 30.3 Å². The van der Waals surface area contributed by atoms with Crippen LogP contribution in [0, 0.1) is 0 Å². The quantitative estimate of drug-likeness (QED) is 0.643. The Labute approximate surface area is 122 Å². The SMILES string of the molecule is CCNC(CO)(COCCOC(C)C)c1ccccc1. The summed E-state index contributed by atoms with van der Waals surface area (Å²) in [4.78, 5) is 0. The zero-order chi connectivity index (χ0) is 14.8. The zero-order valence-corrected chi connectivity index (χ0v) is 12.8. The van der Waals surface area contributed by atoms with E-state index in [4.69, 9.17) is 9.47 Å². The molecule has 0 bridgehead atoms. The van der Waals surface area contributed by atoms with Crippen molar-refractivity contribution in [2.24, 2.45) is 0 Å². The number of aliphatic hydroxyl groups excluding tert-OH is 1. The van der Waals surface area contributed by atoms with Crippen molar-refractivity contribution < 1.29 is 14.6 Å². The average molecular weight is 281 g/mol. The molecule has 114 valence electrons. The van der Waals surface area contributed by atoms with Crippen molar-refractivity contribution in [2.45, 2.75) is 32.4 Å². The lowest BCUT2D eigenvalue weighted by atomic mass is 9.91. The Balaban J connectivity index is 2.60. The second-order valence-corrected chi connectivity index (χ2v) is 5.11. The first-order valence-corrected chi connectivity index (χ1v) is 7.25. The summed E-state index contributed by atoms with van der Waals surface area (Å²) >= 11 is 0. The molecular weight excluding hydrogens is 254 g/mol. The van der Waals surface area contributed by atoms with Gasteiger partial charge in [-0.3, -0.25) is 0 Å². The molecule has 1 atom stereocenters. The van der Waals surface area contributed by atoms with Crippen LogP contribution in [0.4, 0.5) is 0 Å². The monoisotopic (exact) mass is 281 g/mol. The van der Waals surface area contributed by atoms with Crippen LogP contribution in [-0.4, -0.2) is 44.2 Å². The largest absolute Gasteiger partial charge is 0.394 e. The van der Waals surface area contributed by atoms with Gasteiger partial charge in [-0.25, -0.2) is 0 Å². The molecule has 0 saturated heterocycles. The number of ether oxygens (including phenoxy) is 2. The van der Waals surface area contributed by atoms with Gasteiger partial charge in [-0.05, 0) is 26.0 Å². The third-order valence-corrected chi connectivity index (χ3v) is 3.14. The Hall–Kier alpha value is -0.940. The summed E-state index contributed by atoms with van der Waals surface area (Å²) in [5.41, 5.74) is 0.488. The fourth-order valence-corrected chi connectivity index (χ4v) is 2.11. The average Bonchev–Trinajstić information content (AvgIpc) is 2.46. The number of likely N-dealkylation sites (N-methyl/N-ethyl adjacent to an activating group) is 1. The van der Waals surface area contributed by atoms with E-state index in [1.165, 1.54) is 0 Å². The topological polar surface area (TPSA) is 50.7 Å². The van der Waals surface area contributed by atoms with E-state index >= 15 is 0 Å². The summed E-state index contributed by atoms with van der Waals surface area (Å²) in [5.74, 6) is 0. The Morgan fingerprint density at radius 3 is 2.45 bits per heavy atom. The van der Waals surface area contributed by atoms with Crippen LogP contribution in [0.5, 0.6) is 0 Å². The maximum absolute atomic E-state index is 9.83. The minimum absolute atomic E-state index is 0.00408. The van der Waals surface area contributed by atoms with Gasteiger partial charge in [-0.2, -0.15) is 0 Å². The molecule has 0 saturated carbocycles. The number of rotatable bonds is 10. The van der Waals surface area contributed by atoms with Crippen molar-refractivity contribution >= 4 is 0 Å². The minimum Gasteiger partial charge on any atom is -0.394 e. The Morgan fingerprint density at radius 2 is 1.90 bits per heavy atom. The summed E-state index contributed by atoms with van der Waals surface area (Å²) in [5, 5.41) is 13.2. The third-order valence-electron chi connectivity index (χ3n) is 3.14. The highest BCUT2D eigenvalue weighted by atomic mass is 16.5. The van der Waals surface area contributed by atoms with Crippen LogP contribution in [0.25, 0.3) is 0 Å². The lowest BCUT2D eigenvalue weighted by Crippen LogP contribution is -2.49. The predicted octanol–water partition coefficient (Wildman–Crippen LogP) is 1.93. The van der Waals surface area contributed by atoms with Crippen LogP contribution < -0.4 is 5.32 Å². The number of hydrogen-bond acceptors (Lipinski definition) is 4. The van der Waals surface area contributed by atoms with Gasteiger partial charge in [0.25, 0.3) is 0 Å². The highest BCUT2D eigenvalue weighted by molar-refractivity contribution is 5.25. The van der Waals surface area contributed by atoms with Crippen molar-refractivity contribution in [2.75, 3.05) is 33.0 Å². The molecule has 0 aliphatic carbocycles. The maximum atomic E-state index is 9.83. The van der Waals surface area contributed by atoms with Crippen molar-refractivity contribution in [1.82, 2.24) is 5.32 Å². The molecule has 0 spiro atoms.